The van der Waals surface area contributed by atoms with Gasteiger partial charge >= 0.3 is 0 Å². The summed E-state index contributed by atoms with van der Waals surface area (Å²) < 4.78 is 0. The van der Waals surface area contributed by atoms with Gasteiger partial charge in [-0.1, -0.05) is 161 Å². The lowest BCUT2D eigenvalue weighted by Crippen LogP contribution is -2.61. The molecule has 2 aliphatic rings. The van der Waals surface area contributed by atoms with Crippen molar-refractivity contribution in [3.63, 3.8) is 0 Å². The summed E-state index contributed by atoms with van der Waals surface area (Å²) in [5.41, 5.74) is 29.6. The summed E-state index contributed by atoms with van der Waals surface area (Å²) in [6.45, 7) is 41.7. The Bertz CT molecular complexity index is 2820. The molecule has 67 heavy (non-hydrogen) atoms. The van der Waals surface area contributed by atoms with Crippen molar-refractivity contribution in [1.29, 1.82) is 0 Å². The lowest BCUT2D eigenvalue weighted by Gasteiger charge is -2.45. The number of anilines is 6. The highest BCUT2D eigenvalue weighted by molar-refractivity contribution is 7.00. The molecular weight excluding hydrogens is 808 g/mol. The zero-order chi connectivity index (χ0) is 48.4. The lowest BCUT2D eigenvalue weighted by atomic mass is 9.33. The number of fused-ring (bicyclic) bond motifs is 4. The highest BCUT2D eigenvalue weighted by Crippen LogP contribution is 2.48. The van der Waals surface area contributed by atoms with Gasteiger partial charge in [-0.15, -0.1) is 0 Å². The van der Waals surface area contributed by atoms with Crippen LogP contribution in [0.15, 0.2) is 115 Å². The van der Waals surface area contributed by atoms with E-state index in [1.54, 1.807) is 0 Å². The van der Waals surface area contributed by atoms with Crippen LogP contribution in [0, 0.1) is 41.5 Å². The second kappa shape index (κ2) is 15.9. The summed E-state index contributed by atoms with van der Waals surface area (Å²) in [6.07, 6.45) is 0. The molecule has 2 aliphatic heterocycles. The van der Waals surface area contributed by atoms with Gasteiger partial charge in [-0.05, 0) is 195 Å². The van der Waals surface area contributed by atoms with Gasteiger partial charge in [0.05, 0.1) is 0 Å². The molecule has 0 fully saturated rings. The number of aryl methyl sites for hydroxylation is 6. The normalized spacial score (nSPS) is 13.7. The minimum Gasteiger partial charge on any atom is -0.311 e. The SMILES string of the molecule is Cc1cc(C)c(-c2ccc3c(c2)N(c2cc(C(C)(C)C)cc(C(C)(C)C)c2)c2cccc4c2B3c2ccc(-c3c(C)cc(C)cc3C)cc2N4c2cc(C(C)(C)C)cc(C(C)(C)C)c2)c(C)c1. The van der Waals surface area contributed by atoms with E-state index in [2.05, 4.69) is 250 Å². The van der Waals surface area contributed by atoms with E-state index in [9.17, 15) is 0 Å². The van der Waals surface area contributed by atoms with Crippen LogP contribution in [0.3, 0.4) is 0 Å². The van der Waals surface area contributed by atoms with Crippen molar-refractivity contribution in [1.82, 2.24) is 0 Å². The third-order valence-electron chi connectivity index (χ3n) is 14.7. The Morgan fingerprint density at radius 2 is 0.657 bits per heavy atom. The Morgan fingerprint density at radius 1 is 0.343 bits per heavy atom. The van der Waals surface area contributed by atoms with Gasteiger partial charge in [-0.2, -0.15) is 0 Å². The van der Waals surface area contributed by atoms with Crippen LogP contribution in [0.4, 0.5) is 34.1 Å². The fourth-order valence-corrected chi connectivity index (χ4v) is 11.3. The van der Waals surface area contributed by atoms with Gasteiger partial charge < -0.3 is 9.80 Å². The Labute approximate surface area is 404 Å². The zero-order valence-corrected chi connectivity index (χ0v) is 43.9. The molecule has 0 spiro atoms. The van der Waals surface area contributed by atoms with Crippen LogP contribution in [0.5, 0.6) is 0 Å². The first-order chi connectivity index (χ1) is 31.2. The molecule has 0 atom stereocenters. The average Bonchev–Trinajstić information content (AvgIpc) is 3.21. The van der Waals surface area contributed by atoms with E-state index in [1.165, 1.54) is 128 Å². The summed E-state index contributed by atoms with van der Waals surface area (Å²) in [5.74, 6) is 0. The first-order valence-corrected chi connectivity index (χ1v) is 24.7. The molecule has 7 aromatic carbocycles. The Hall–Kier alpha value is -5.80. The molecule has 2 heterocycles. The van der Waals surface area contributed by atoms with Crippen LogP contribution in [0.2, 0.25) is 0 Å². The summed E-state index contributed by atoms with van der Waals surface area (Å²) in [4.78, 5) is 5.25. The second-order valence-corrected chi connectivity index (χ2v) is 24.4. The molecule has 0 unspecified atom stereocenters. The van der Waals surface area contributed by atoms with Gasteiger partial charge in [0.25, 0.3) is 6.71 Å². The quantitative estimate of drug-likeness (QED) is 0.163. The van der Waals surface area contributed by atoms with Crippen molar-refractivity contribution < 1.29 is 0 Å². The summed E-state index contributed by atoms with van der Waals surface area (Å²) >= 11 is 0. The maximum atomic E-state index is 2.63. The van der Waals surface area contributed by atoms with E-state index in [-0.39, 0.29) is 28.4 Å². The molecule has 0 amide bonds. The van der Waals surface area contributed by atoms with Crippen LogP contribution >= 0.6 is 0 Å². The fourth-order valence-electron chi connectivity index (χ4n) is 11.3. The van der Waals surface area contributed by atoms with E-state index in [0.717, 1.165) is 0 Å². The van der Waals surface area contributed by atoms with Crippen molar-refractivity contribution in [3.05, 3.63) is 171 Å². The van der Waals surface area contributed by atoms with Crippen LogP contribution < -0.4 is 26.2 Å². The second-order valence-electron chi connectivity index (χ2n) is 24.4. The van der Waals surface area contributed by atoms with Crippen molar-refractivity contribution in [2.45, 2.75) is 146 Å². The zero-order valence-electron chi connectivity index (χ0n) is 43.9. The monoisotopic (exact) mass is 881 g/mol. The molecule has 2 nitrogen and oxygen atoms in total. The van der Waals surface area contributed by atoms with E-state index < -0.39 is 0 Å². The molecule has 0 bridgehead atoms. The number of benzene rings is 7. The number of rotatable bonds is 4. The highest BCUT2D eigenvalue weighted by atomic mass is 15.2. The highest BCUT2D eigenvalue weighted by Gasteiger charge is 2.44. The van der Waals surface area contributed by atoms with Gasteiger partial charge in [0.15, 0.2) is 0 Å². The molecule has 0 aliphatic carbocycles. The molecule has 7 aromatic rings. The van der Waals surface area contributed by atoms with Gasteiger partial charge in [-0.3, -0.25) is 0 Å². The minimum atomic E-state index is -0.0459. The number of hydrogen-bond acceptors (Lipinski definition) is 2. The van der Waals surface area contributed by atoms with Gasteiger partial charge in [-0.25, -0.2) is 0 Å². The van der Waals surface area contributed by atoms with Crippen LogP contribution in [-0.2, 0) is 21.7 Å². The lowest BCUT2D eigenvalue weighted by molar-refractivity contribution is 0.568. The molecule has 0 N–H and O–H groups in total. The maximum absolute atomic E-state index is 2.63. The molecule has 0 radical (unpaired) electrons. The summed E-state index contributed by atoms with van der Waals surface area (Å²) in [7, 11) is 0. The smallest absolute Gasteiger partial charge is 0.252 e. The van der Waals surface area contributed by atoms with E-state index >= 15 is 0 Å². The molecule has 0 aromatic heterocycles. The third-order valence-corrected chi connectivity index (χ3v) is 14.7. The van der Waals surface area contributed by atoms with Crippen molar-refractivity contribution in [2.24, 2.45) is 0 Å². The van der Waals surface area contributed by atoms with Crippen LogP contribution in [0.1, 0.15) is 139 Å². The fraction of sp³-hybridized carbons (Fsp3) is 0.344. The van der Waals surface area contributed by atoms with Gasteiger partial charge in [0.2, 0.25) is 0 Å². The van der Waals surface area contributed by atoms with E-state index in [1.807, 2.05) is 0 Å². The third kappa shape index (κ3) is 8.15. The maximum Gasteiger partial charge on any atom is 0.252 e. The Morgan fingerprint density at radius 3 is 0.955 bits per heavy atom. The first-order valence-electron chi connectivity index (χ1n) is 24.7. The predicted octanol–water partition coefficient (Wildman–Crippen LogP) is 16.1. The Balaban J connectivity index is 1.41. The topological polar surface area (TPSA) is 6.48 Å². The molecular formula is C64H73BN2. The van der Waals surface area contributed by atoms with Gasteiger partial charge in [0, 0.05) is 34.1 Å². The molecule has 9 rings (SSSR count). The van der Waals surface area contributed by atoms with Crippen molar-refractivity contribution >= 4 is 57.2 Å². The largest absolute Gasteiger partial charge is 0.311 e. The minimum absolute atomic E-state index is 0.00740. The Kier molecular flexibility index (Phi) is 11.0. The molecule has 0 saturated heterocycles. The molecule has 342 valence electrons. The van der Waals surface area contributed by atoms with Crippen LogP contribution in [-0.4, -0.2) is 6.71 Å². The number of hydrogen-bond donors (Lipinski definition) is 0. The average molecular weight is 881 g/mol. The van der Waals surface area contributed by atoms with Gasteiger partial charge in [0.1, 0.15) is 0 Å². The summed E-state index contributed by atoms with van der Waals surface area (Å²) in [6, 6.07) is 46.0. The van der Waals surface area contributed by atoms with Crippen molar-refractivity contribution in [2.75, 3.05) is 9.80 Å². The predicted molar refractivity (Wildman–Crippen MR) is 295 cm³/mol. The molecule has 0 saturated carbocycles. The van der Waals surface area contributed by atoms with Crippen molar-refractivity contribution in [3.8, 4) is 22.3 Å². The van der Waals surface area contributed by atoms with E-state index in [4.69, 9.17) is 0 Å². The summed E-state index contributed by atoms with van der Waals surface area (Å²) in [5, 5.41) is 0. The van der Waals surface area contributed by atoms with E-state index in [0.29, 0.717) is 0 Å². The first kappa shape index (κ1) is 46.3. The standard InChI is InChI=1S/C64H73BN2/c1-38-26-40(3)58(41(4)27-38)44-22-24-52-56(30-44)66(50-34-46(61(7,8)9)32-47(35-50)62(10,11)12)54-20-19-21-55-60(54)65(52)53-25-23-45(59-42(5)28-39(2)29-43(59)6)31-57(53)67(55)51-36-48(63(13,14)15)33-49(37-51)64(16,17)18/h19-37H,1-18H3. The van der Waals surface area contributed by atoms with Crippen LogP contribution in [0.25, 0.3) is 22.3 Å². The number of nitrogens with zero attached hydrogens (tertiary/aromatic N) is 2. The molecule has 3 heteroatoms.